The van der Waals surface area contributed by atoms with Gasteiger partial charge in [0, 0.05) is 12.8 Å². The number of hydrogen-bond donors (Lipinski definition) is 0. The van der Waals surface area contributed by atoms with E-state index in [4.69, 9.17) is 0 Å². The maximum Gasteiger partial charge on any atom is 0.132 e. The Morgan fingerprint density at radius 2 is 0.630 bits per heavy atom. The van der Waals surface area contributed by atoms with Crippen molar-refractivity contribution < 1.29 is 4.79 Å². The molecule has 1 heteroatoms. The molecule has 0 amide bonds. The lowest BCUT2D eigenvalue weighted by Gasteiger charge is -2.06. The van der Waals surface area contributed by atoms with Gasteiger partial charge in [-0.05, 0) is 49.7 Å². The fourth-order valence-electron chi connectivity index (χ4n) is 4.24. The van der Waals surface area contributed by atoms with Crippen molar-refractivity contribution in [3.05, 3.63) is 35.4 Å². The molecule has 1 aromatic rings. The lowest BCUT2D eigenvalue weighted by molar-refractivity contribution is -0.119. The van der Waals surface area contributed by atoms with Gasteiger partial charge in [0.25, 0.3) is 0 Å². The third-order valence-corrected chi connectivity index (χ3v) is 6.12. The maximum atomic E-state index is 11.9. The van der Waals surface area contributed by atoms with Crippen molar-refractivity contribution in [1.29, 1.82) is 0 Å². The maximum absolute atomic E-state index is 11.9. The minimum Gasteiger partial charge on any atom is -0.300 e. The number of fused-ring (bicyclic) bond motifs is 21. The van der Waals surface area contributed by atoms with Crippen LogP contribution >= 0.6 is 0 Å². The average molecular weight is 371 g/mol. The van der Waals surface area contributed by atoms with E-state index in [-0.39, 0.29) is 0 Å². The first kappa shape index (κ1) is 22.2. The predicted octanol–water partition coefficient (Wildman–Crippen LogP) is 7.99. The fourth-order valence-corrected chi connectivity index (χ4v) is 4.24. The van der Waals surface area contributed by atoms with E-state index in [9.17, 15) is 4.79 Å². The lowest BCUT2D eigenvalue weighted by Crippen LogP contribution is -1.97. The third kappa shape index (κ3) is 11.4. The summed E-state index contributed by atoms with van der Waals surface area (Å²) in [7, 11) is 0. The molecule has 0 saturated heterocycles. The number of carbonyl (C=O) groups excluding carboxylic acids is 1. The van der Waals surface area contributed by atoms with Gasteiger partial charge in [-0.1, -0.05) is 94.9 Å². The van der Waals surface area contributed by atoms with Crippen LogP contribution in [-0.2, 0) is 17.6 Å². The second-order valence-corrected chi connectivity index (χ2v) is 8.66. The van der Waals surface area contributed by atoms with Crippen LogP contribution in [0.15, 0.2) is 24.3 Å². The summed E-state index contributed by atoms with van der Waals surface area (Å²) in [5, 5.41) is 0. The summed E-state index contributed by atoms with van der Waals surface area (Å²) in [4.78, 5) is 11.9. The van der Waals surface area contributed by atoms with Gasteiger partial charge in [0.1, 0.15) is 5.78 Å². The highest BCUT2D eigenvalue weighted by Crippen LogP contribution is 2.16. The molecule has 0 radical (unpaired) electrons. The molecule has 2 aliphatic carbocycles. The third-order valence-electron chi connectivity index (χ3n) is 6.12. The van der Waals surface area contributed by atoms with Gasteiger partial charge in [-0.2, -0.15) is 0 Å². The Bertz CT molecular complexity index is 487. The number of aryl methyl sites for hydroxylation is 2. The quantitative estimate of drug-likeness (QED) is 0.452. The van der Waals surface area contributed by atoms with Crippen molar-refractivity contribution in [3.8, 4) is 0 Å². The second kappa shape index (κ2) is 14.9. The summed E-state index contributed by atoms with van der Waals surface area (Å²) in [6.07, 6.45) is 23.6. The monoisotopic (exact) mass is 370 g/mol. The zero-order valence-electron chi connectivity index (χ0n) is 17.7. The molecule has 0 spiro atoms. The minimum atomic E-state index is 0.509. The van der Waals surface area contributed by atoms with Crippen LogP contribution in [0.4, 0.5) is 0 Å². The Morgan fingerprint density at radius 3 is 0.963 bits per heavy atom. The molecule has 2 aliphatic rings. The van der Waals surface area contributed by atoms with Crippen LogP contribution < -0.4 is 0 Å². The highest BCUT2D eigenvalue weighted by Gasteiger charge is 2.03. The normalized spacial score (nSPS) is 20.8. The highest BCUT2D eigenvalue weighted by atomic mass is 16.1. The molecule has 0 atom stereocenters. The summed E-state index contributed by atoms with van der Waals surface area (Å²) < 4.78 is 0. The summed E-state index contributed by atoms with van der Waals surface area (Å²) in [6.45, 7) is 0. The standard InChI is InChI=1S/C26H42O/c27-26-18-14-10-6-2-1-4-8-12-16-24-20-22-25(23-21-24)17-13-9-5-3-7-11-15-19-26/h20-23H,1-19H2. The van der Waals surface area contributed by atoms with Gasteiger partial charge in [0.2, 0.25) is 0 Å². The van der Waals surface area contributed by atoms with Crippen molar-refractivity contribution in [1.82, 2.24) is 0 Å². The first-order valence-corrected chi connectivity index (χ1v) is 11.9. The van der Waals surface area contributed by atoms with Gasteiger partial charge in [0.05, 0.1) is 0 Å². The molecule has 0 N–H and O–H groups in total. The van der Waals surface area contributed by atoms with Gasteiger partial charge in [-0.25, -0.2) is 0 Å². The number of carbonyl (C=O) groups is 1. The molecule has 1 aromatic carbocycles. The van der Waals surface area contributed by atoms with Crippen LogP contribution in [0.25, 0.3) is 0 Å². The van der Waals surface area contributed by atoms with Crippen molar-refractivity contribution in [2.24, 2.45) is 0 Å². The van der Waals surface area contributed by atoms with E-state index in [0.717, 1.165) is 25.7 Å². The molecule has 0 aliphatic heterocycles. The van der Waals surface area contributed by atoms with Crippen LogP contribution in [0.2, 0.25) is 0 Å². The Kier molecular flexibility index (Phi) is 12.2. The predicted molar refractivity (Wildman–Crippen MR) is 117 cm³/mol. The first-order chi connectivity index (χ1) is 13.3. The molecule has 0 fully saturated rings. The summed E-state index contributed by atoms with van der Waals surface area (Å²) in [6, 6.07) is 9.42. The number of hydrogen-bond acceptors (Lipinski definition) is 1. The van der Waals surface area contributed by atoms with Crippen molar-refractivity contribution in [3.63, 3.8) is 0 Å². The van der Waals surface area contributed by atoms with Crippen molar-refractivity contribution in [2.75, 3.05) is 0 Å². The molecule has 152 valence electrons. The summed E-state index contributed by atoms with van der Waals surface area (Å²) >= 11 is 0. The molecular formula is C26H42O. The Hall–Kier alpha value is -1.11. The second-order valence-electron chi connectivity index (χ2n) is 8.66. The van der Waals surface area contributed by atoms with Crippen molar-refractivity contribution in [2.45, 2.75) is 122 Å². The molecule has 0 saturated carbocycles. The van der Waals surface area contributed by atoms with E-state index in [2.05, 4.69) is 24.3 Å². The number of Topliss-reactive ketones (excluding diaryl/α,β-unsaturated/α-hetero) is 1. The number of rotatable bonds is 0. The van der Waals surface area contributed by atoms with Crippen LogP contribution in [-0.4, -0.2) is 5.78 Å². The molecule has 0 unspecified atom stereocenters. The van der Waals surface area contributed by atoms with Crippen LogP contribution in [0.3, 0.4) is 0 Å². The van der Waals surface area contributed by atoms with E-state index in [1.54, 1.807) is 0 Å². The molecule has 1 nitrogen and oxygen atoms in total. The Balaban J connectivity index is 1.69. The fraction of sp³-hybridized carbons (Fsp3) is 0.731. The van der Waals surface area contributed by atoms with Gasteiger partial charge in [-0.15, -0.1) is 0 Å². The minimum absolute atomic E-state index is 0.509. The van der Waals surface area contributed by atoms with Gasteiger partial charge < -0.3 is 0 Å². The zero-order chi connectivity index (χ0) is 19.0. The molecule has 0 heterocycles. The average Bonchev–Trinajstić information content (AvgIpc) is 2.68. The van der Waals surface area contributed by atoms with E-state index < -0.39 is 0 Å². The zero-order valence-corrected chi connectivity index (χ0v) is 17.7. The van der Waals surface area contributed by atoms with Gasteiger partial charge in [-0.3, -0.25) is 4.79 Å². The van der Waals surface area contributed by atoms with E-state index >= 15 is 0 Å². The van der Waals surface area contributed by atoms with Gasteiger partial charge >= 0.3 is 0 Å². The summed E-state index contributed by atoms with van der Waals surface area (Å²) in [5.74, 6) is 0.509. The topological polar surface area (TPSA) is 17.1 Å². The van der Waals surface area contributed by atoms with Crippen LogP contribution in [0.5, 0.6) is 0 Å². The van der Waals surface area contributed by atoms with Crippen LogP contribution in [0.1, 0.15) is 120 Å². The smallest absolute Gasteiger partial charge is 0.132 e. The number of ketones is 1. The molecule has 2 bridgehead atoms. The Morgan fingerprint density at radius 1 is 0.370 bits per heavy atom. The van der Waals surface area contributed by atoms with E-state index in [0.29, 0.717) is 5.78 Å². The van der Waals surface area contributed by atoms with Gasteiger partial charge in [0.15, 0.2) is 0 Å². The Labute approximate surface area is 168 Å². The van der Waals surface area contributed by atoms with E-state index in [1.807, 2.05) is 0 Å². The molecular weight excluding hydrogens is 328 g/mol. The summed E-state index contributed by atoms with van der Waals surface area (Å²) in [5.41, 5.74) is 3.02. The highest BCUT2D eigenvalue weighted by molar-refractivity contribution is 5.78. The molecule has 27 heavy (non-hydrogen) atoms. The number of benzene rings is 1. The largest absolute Gasteiger partial charge is 0.300 e. The van der Waals surface area contributed by atoms with Crippen molar-refractivity contribution >= 4 is 5.78 Å². The van der Waals surface area contributed by atoms with E-state index in [1.165, 1.54) is 107 Å². The van der Waals surface area contributed by atoms with Crippen LogP contribution in [0, 0.1) is 0 Å². The molecule has 0 aromatic heterocycles. The molecule has 3 rings (SSSR count). The lowest BCUT2D eigenvalue weighted by atomic mass is 10.00. The first-order valence-electron chi connectivity index (χ1n) is 11.9. The SMILES string of the molecule is O=C1CCCCCCCCCCc2ccc(cc2)CCCCCCCCC1.